The number of unbranched alkanes of at least 4 members (excludes halogenated alkanes) is 5. The van der Waals surface area contributed by atoms with Crippen molar-refractivity contribution in [2.24, 2.45) is 10.2 Å². The molecule has 0 unspecified atom stereocenters. The van der Waals surface area contributed by atoms with E-state index in [-0.39, 0.29) is 11.8 Å². The van der Waals surface area contributed by atoms with Gasteiger partial charge in [-0.2, -0.15) is 10.2 Å². The highest BCUT2D eigenvalue weighted by molar-refractivity contribution is 9.10. The zero-order chi connectivity index (χ0) is 24.8. The van der Waals surface area contributed by atoms with Gasteiger partial charge in [-0.05, 0) is 62.1 Å². The van der Waals surface area contributed by atoms with Crippen molar-refractivity contribution in [2.75, 3.05) is 0 Å². The smallest absolute Gasteiger partial charge is 0.240 e. The van der Waals surface area contributed by atoms with Gasteiger partial charge in [0, 0.05) is 21.8 Å². The number of benzene rings is 2. The zero-order valence-electron chi connectivity index (χ0n) is 19.7. The molecule has 8 heteroatoms. The van der Waals surface area contributed by atoms with Crippen LogP contribution in [0.3, 0.4) is 0 Å². The summed E-state index contributed by atoms with van der Waals surface area (Å²) in [5, 5.41) is 8.36. The molecule has 0 aliphatic heterocycles. The lowest BCUT2D eigenvalue weighted by Crippen LogP contribution is -2.19. The van der Waals surface area contributed by atoms with Crippen LogP contribution in [0.1, 0.15) is 76.3 Å². The van der Waals surface area contributed by atoms with Crippen molar-refractivity contribution in [1.29, 1.82) is 0 Å². The number of nitrogens with one attached hydrogen (secondary N) is 2. The summed E-state index contributed by atoms with van der Waals surface area (Å²) in [5.41, 5.74) is 8.77. The molecular weight excluding hydrogens is 560 g/mol. The maximum absolute atomic E-state index is 12.0. The van der Waals surface area contributed by atoms with Crippen molar-refractivity contribution in [3.8, 4) is 0 Å². The summed E-state index contributed by atoms with van der Waals surface area (Å²) in [7, 11) is 0. The molecule has 0 fully saturated rings. The molecule has 2 N–H and O–H groups in total. The highest BCUT2D eigenvalue weighted by Gasteiger charge is 2.04. The third kappa shape index (κ3) is 11.2. The minimum absolute atomic E-state index is 0.0629. The summed E-state index contributed by atoms with van der Waals surface area (Å²) in [5.74, 6) is -0.126. The van der Waals surface area contributed by atoms with Crippen LogP contribution >= 0.6 is 31.9 Å². The van der Waals surface area contributed by atoms with E-state index in [0.717, 1.165) is 70.0 Å². The summed E-state index contributed by atoms with van der Waals surface area (Å²) < 4.78 is 2.02. The van der Waals surface area contributed by atoms with Crippen LogP contribution in [0.2, 0.25) is 0 Å². The van der Waals surface area contributed by atoms with E-state index in [0.29, 0.717) is 12.8 Å². The molecule has 2 amide bonds. The third-order valence-electron chi connectivity index (χ3n) is 5.28. The van der Waals surface area contributed by atoms with Gasteiger partial charge in [0.15, 0.2) is 0 Å². The molecule has 34 heavy (non-hydrogen) atoms. The van der Waals surface area contributed by atoms with E-state index >= 15 is 0 Å². The second-order valence-corrected chi connectivity index (χ2v) is 9.93. The van der Waals surface area contributed by atoms with Crippen molar-refractivity contribution in [2.45, 2.75) is 65.2 Å². The Morgan fingerprint density at radius 1 is 0.618 bits per heavy atom. The van der Waals surface area contributed by atoms with Crippen molar-refractivity contribution >= 4 is 55.1 Å². The van der Waals surface area contributed by atoms with E-state index in [2.05, 4.69) is 52.9 Å². The number of hydrogen-bond donors (Lipinski definition) is 2. The van der Waals surface area contributed by atoms with Crippen LogP contribution in [0.25, 0.3) is 0 Å². The van der Waals surface area contributed by atoms with Crippen molar-refractivity contribution in [1.82, 2.24) is 10.9 Å². The monoisotopic (exact) mass is 590 g/mol. The predicted molar refractivity (Wildman–Crippen MR) is 146 cm³/mol. The van der Waals surface area contributed by atoms with Crippen LogP contribution in [0, 0.1) is 0 Å². The van der Waals surface area contributed by atoms with Gasteiger partial charge in [-0.3, -0.25) is 9.59 Å². The SMILES string of the molecule is C/C(=N\NC(=O)CCCCCCCCC(=O)N/N=C(\C)c1ccc(Br)cc1)c1ccc(Br)cc1. The molecule has 0 bridgehead atoms. The molecule has 6 nitrogen and oxygen atoms in total. The number of carbonyl (C=O) groups excluding carboxylic acids is 2. The van der Waals surface area contributed by atoms with E-state index in [1.54, 1.807) is 0 Å². The minimum Gasteiger partial charge on any atom is -0.273 e. The molecule has 0 saturated carbocycles. The lowest BCUT2D eigenvalue weighted by molar-refractivity contribution is -0.122. The fourth-order valence-corrected chi connectivity index (χ4v) is 3.72. The molecule has 0 aliphatic carbocycles. The van der Waals surface area contributed by atoms with E-state index in [4.69, 9.17) is 0 Å². The number of hydrogen-bond acceptors (Lipinski definition) is 4. The molecular formula is C26H32Br2N4O2. The van der Waals surface area contributed by atoms with Crippen LogP contribution in [0.5, 0.6) is 0 Å². The Hall–Kier alpha value is -2.32. The van der Waals surface area contributed by atoms with E-state index in [9.17, 15) is 9.59 Å². The lowest BCUT2D eigenvalue weighted by Gasteiger charge is -2.05. The quantitative estimate of drug-likeness (QED) is 0.154. The number of carbonyl (C=O) groups is 2. The Morgan fingerprint density at radius 2 is 0.941 bits per heavy atom. The molecule has 2 rings (SSSR count). The van der Waals surface area contributed by atoms with Gasteiger partial charge in [-0.1, -0.05) is 81.8 Å². The predicted octanol–water partition coefficient (Wildman–Crippen LogP) is 6.71. The van der Waals surface area contributed by atoms with Gasteiger partial charge in [0.25, 0.3) is 0 Å². The maximum atomic E-state index is 12.0. The molecule has 0 atom stereocenters. The van der Waals surface area contributed by atoms with Crippen LogP contribution < -0.4 is 10.9 Å². The second kappa shape index (κ2) is 15.6. The Kier molecular flexibility index (Phi) is 12.8. The van der Waals surface area contributed by atoms with Crippen LogP contribution in [0.4, 0.5) is 0 Å². The number of amides is 2. The van der Waals surface area contributed by atoms with E-state index in [1.165, 1.54) is 0 Å². The van der Waals surface area contributed by atoms with Crippen molar-refractivity contribution in [3.63, 3.8) is 0 Å². The largest absolute Gasteiger partial charge is 0.273 e. The third-order valence-corrected chi connectivity index (χ3v) is 6.34. The first-order valence-electron chi connectivity index (χ1n) is 11.5. The topological polar surface area (TPSA) is 82.9 Å². The number of nitrogens with zero attached hydrogens (tertiary/aromatic N) is 2. The van der Waals surface area contributed by atoms with Crippen LogP contribution in [-0.4, -0.2) is 23.2 Å². The van der Waals surface area contributed by atoms with Gasteiger partial charge in [0.1, 0.15) is 0 Å². The second-order valence-electron chi connectivity index (χ2n) is 8.10. The molecule has 0 spiro atoms. The molecule has 0 heterocycles. The fraction of sp³-hybridized carbons (Fsp3) is 0.385. The Bertz CT molecular complexity index is 905. The lowest BCUT2D eigenvalue weighted by atomic mass is 10.1. The molecule has 0 aromatic heterocycles. The van der Waals surface area contributed by atoms with E-state index < -0.39 is 0 Å². The minimum atomic E-state index is -0.0629. The summed E-state index contributed by atoms with van der Waals surface area (Å²) >= 11 is 6.81. The van der Waals surface area contributed by atoms with Crippen LogP contribution in [-0.2, 0) is 9.59 Å². The molecule has 0 aliphatic rings. The highest BCUT2D eigenvalue weighted by Crippen LogP contribution is 2.12. The number of hydrazone groups is 2. The fourth-order valence-electron chi connectivity index (χ4n) is 3.19. The van der Waals surface area contributed by atoms with Gasteiger partial charge in [-0.15, -0.1) is 0 Å². The standard InChI is InChI=1S/C26H32Br2N4O2/c1-19(21-11-15-23(27)16-12-21)29-31-25(33)9-7-5-3-4-6-8-10-26(34)32-30-20(2)22-13-17-24(28)18-14-22/h11-18H,3-10H2,1-2H3,(H,31,33)(H,32,34)/b29-19+,30-20+. The van der Waals surface area contributed by atoms with E-state index in [1.807, 2.05) is 62.4 Å². The molecule has 2 aromatic rings. The summed E-state index contributed by atoms with van der Waals surface area (Å²) in [6, 6.07) is 15.6. The van der Waals surface area contributed by atoms with Gasteiger partial charge in [0.2, 0.25) is 11.8 Å². The maximum Gasteiger partial charge on any atom is 0.240 e. The number of rotatable bonds is 13. The number of halogens is 2. The Morgan fingerprint density at radius 3 is 1.29 bits per heavy atom. The Balaban J connectivity index is 1.50. The average Bonchev–Trinajstić information content (AvgIpc) is 2.83. The highest BCUT2D eigenvalue weighted by atomic mass is 79.9. The molecule has 0 radical (unpaired) electrons. The van der Waals surface area contributed by atoms with Crippen molar-refractivity contribution < 1.29 is 9.59 Å². The first kappa shape index (κ1) is 27.9. The first-order chi connectivity index (χ1) is 16.3. The summed E-state index contributed by atoms with van der Waals surface area (Å²) in [6.45, 7) is 3.75. The summed E-state index contributed by atoms with van der Waals surface area (Å²) in [4.78, 5) is 24.0. The van der Waals surface area contributed by atoms with Gasteiger partial charge >= 0.3 is 0 Å². The first-order valence-corrected chi connectivity index (χ1v) is 13.1. The van der Waals surface area contributed by atoms with Gasteiger partial charge in [0.05, 0.1) is 11.4 Å². The molecule has 182 valence electrons. The van der Waals surface area contributed by atoms with Crippen molar-refractivity contribution in [3.05, 3.63) is 68.6 Å². The van der Waals surface area contributed by atoms with Gasteiger partial charge < -0.3 is 0 Å². The Labute approximate surface area is 218 Å². The van der Waals surface area contributed by atoms with Gasteiger partial charge in [-0.25, -0.2) is 10.9 Å². The normalized spacial score (nSPS) is 11.9. The zero-order valence-corrected chi connectivity index (χ0v) is 22.9. The summed E-state index contributed by atoms with van der Waals surface area (Å²) in [6.07, 6.45) is 6.70. The molecule has 2 aromatic carbocycles. The molecule has 0 saturated heterocycles. The van der Waals surface area contributed by atoms with Crippen LogP contribution in [0.15, 0.2) is 67.7 Å². The average molecular weight is 592 g/mol.